The van der Waals surface area contributed by atoms with Crippen LogP contribution in [-0.4, -0.2) is 35.2 Å². The van der Waals surface area contributed by atoms with Gasteiger partial charge in [-0.1, -0.05) is 6.07 Å². The molecule has 2 aromatic carbocycles. The summed E-state index contributed by atoms with van der Waals surface area (Å²) in [5, 5.41) is 16.6. The number of nitrogens with zero attached hydrogens (tertiary/aromatic N) is 3. The topological polar surface area (TPSA) is 111 Å². The van der Waals surface area contributed by atoms with Crippen molar-refractivity contribution in [3.05, 3.63) is 70.7 Å². The first kappa shape index (κ1) is 20.0. The standard InChI is InChI=1S/C19H18FN5O4/c1-28-9-10-29-16-7-5-13(6-8-16)22-18-17(20)12-21-19(24-18)23-14-3-2-4-15(11-14)25(26)27/h2-8,11-12H,9-10H2,1H3,(H2,21,22,23,24). The second kappa shape index (κ2) is 9.42. The van der Waals surface area contributed by atoms with Gasteiger partial charge in [0.05, 0.1) is 17.7 Å². The quantitative estimate of drug-likeness (QED) is 0.315. The van der Waals surface area contributed by atoms with E-state index in [2.05, 4.69) is 20.6 Å². The third-order valence-electron chi connectivity index (χ3n) is 3.73. The van der Waals surface area contributed by atoms with Crippen molar-refractivity contribution in [3.8, 4) is 5.75 Å². The lowest BCUT2D eigenvalue weighted by molar-refractivity contribution is -0.384. The van der Waals surface area contributed by atoms with Crippen molar-refractivity contribution in [2.24, 2.45) is 0 Å². The lowest BCUT2D eigenvalue weighted by atomic mass is 10.3. The molecule has 0 aliphatic carbocycles. The zero-order valence-corrected chi connectivity index (χ0v) is 15.5. The molecule has 3 rings (SSSR count). The fourth-order valence-corrected chi connectivity index (χ4v) is 2.36. The van der Waals surface area contributed by atoms with Gasteiger partial charge in [0.15, 0.2) is 11.6 Å². The fraction of sp³-hybridized carbons (Fsp3) is 0.158. The van der Waals surface area contributed by atoms with E-state index in [1.165, 1.54) is 18.2 Å². The maximum absolute atomic E-state index is 14.1. The number of aromatic nitrogens is 2. The average molecular weight is 399 g/mol. The predicted molar refractivity (Wildman–Crippen MR) is 105 cm³/mol. The summed E-state index contributed by atoms with van der Waals surface area (Å²) >= 11 is 0. The molecule has 1 aromatic heterocycles. The van der Waals surface area contributed by atoms with Crippen LogP contribution in [0.15, 0.2) is 54.7 Å². The van der Waals surface area contributed by atoms with Gasteiger partial charge in [0.25, 0.3) is 5.69 Å². The summed E-state index contributed by atoms with van der Waals surface area (Å²) in [7, 11) is 1.59. The van der Waals surface area contributed by atoms with Crippen LogP contribution in [0.4, 0.5) is 33.2 Å². The fourth-order valence-electron chi connectivity index (χ4n) is 2.36. The number of benzene rings is 2. The van der Waals surface area contributed by atoms with Crippen molar-refractivity contribution in [1.82, 2.24) is 9.97 Å². The Kier molecular flexibility index (Phi) is 6.48. The molecule has 0 amide bonds. The molecule has 0 aliphatic rings. The van der Waals surface area contributed by atoms with Gasteiger partial charge in [0, 0.05) is 30.6 Å². The molecular weight excluding hydrogens is 381 g/mol. The van der Waals surface area contributed by atoms with Gasteiger partial charge in [-0.3, -0.25) is 10.1 Å². The van der Waals surface area contributed by atoms with Crippen molar-refractivity contribution in [2.75, 3.05) is 31.0 Å². The van der Waals surface area contributed by atoms with Crippen molar-refractivity contribution in [2.45, 2.75) is 0 Å². The zero-order valence-electron chi connectivity index (χ0n) is 15.5. The van der Waals surface area contributed by atoms with E-state index in [0.717, 1.165) is 6.20 Å². The van der Waals surface area contributed by atoms with E-state index < -0.39 is 10.7 Å². The Morgan fingerprint density at radius 1 is 1.10 bits per heavy atom. The molecule has 0 radical (unpaired) electrons. The third-order valence-corrected chi connectivity index (χ3v) is 3.73. The van der Waals surface area contributed by atoms with Crippen molar-refractivity contribution in [1.29, 1.82) is 0 Å². The highest BCUT2D eigenvalue weighted by Crippen LogP contribution is 2.23. The van der Waals surface area contributed by atoms with Crippen LogP contribution in [-0.2, 0) is 4.74 Å². The third kappa shape index (κ3) is 5.59. The summed E-state index contributed by atoms with van der Waals surface area (Å²) in [4.78, 5) is 18.3. The Morgan fingerprint density at radius 2 is 1.90 bits per heavy atom. The maximum Gasteiger partial charge on any atom is 0.271 e. The molecule has 0 spiro atoms. The molecule has 0 atom stereocenters. The summed E-state index contributed by atoms with van der Waals surface area (Å²) in [6, 6.07) is 12.8. The SMILES string of the molecule is COCCOc1ccc(Nc2nc(Nc3cccc([N+](=O)[O-])c3)ncc2F)cc1. The van der Waals surface area contributed by atoms with E-state index in [0.29, 0.717) is 30.3 Å². The first-order valence-corrected chi connectivity index (χ1v) is 8.58. The number of nitrogens with one attached hydrogen (secondary N) is 2. The molecule has 0 fully saturated rings. The van der Waals surface area contributed by atoms with Crippen LogP contribution < -0.4 is 15.4 Å². The van der Waals surface area contributed by atoms with Gasteiger partial charge in [-0.2, -0.15) is 4.98 Å². The van der Waals surface area contributed by atoms with E-state index in [4.69, 9.17) is 9.47 Å². The molecule has 150 valence electrons. The molecule has 2 N–H and O–H groups in total. The van der Waals surface area contributed by atoms with Gasteiger partial charge in [0.1, 0.15) is 12.4 Å². The van der Waals surface area contributed by atoms with Gasteiger partial charge in [-0.05, 0) is 30.3 Å². The molecule has 0 saturated heterocycles. The van der Waals surface area contributed by atoms with E-state index >= 15 is 0 Å². The van der Waals surface area contributed by atoms with E-state index in [9.17, 15) is 14.5 Å². The molecule has 1 heterocycles. The van der Waals surface area contributed by atoms with Gasteiger partial charge < -0.3 is 20.1 Å². The molecule has 0 saturated carbocycles. The second-order valence-corrected chi connectivity index (χ2v) is 5.81. The largest absolute Gasteiger partial charge is 0.491 e. The highest BCUT2D eigenvalue weighted by Gasteiger charge is 2.10. The van der Waals surface area contributed by atoms with E-state index in [1.54, 1.807) is 37.4 Å². The Hall–Kier alpha value is -3.79. The van der Waals surface area contributed by atoms with Crippen LogP contribution in [0, 0.1) is 15.9 Å². The average Bonchev–Trinajstić information content (AvgIpc) is 2.72. The Morgan fingerprint density at radius 3 is 2.62 bits per heavy atom. The zero-order chi connectivity index (χ0) is 20.6. The number of nitro groups is 1. The molecular formula is C19H18FN5O4. The van der Waals surface area contributed by atoms with Crippen LogP contribution in [0.25, 0.3) is 0 Å². The minimum Gasteiger partial charge on any atom is -0.491 e. The minimum absolute atomic E-state index is 0.0408. The van der Waals surface area contributed by atoms with Crippen molar-refractivity contribution in [3.63, 3.8) is 0 Å². The highest BCUT2D eigenvalue weighted by atomic mass is 19.1. The predicted octanol–water partition coefficient (Wildman–Crippen LogP) is 4.04. The van der Waals surface area contributed by atoms with Crippen molar-refractivity contribution >= 4 is 28.8 Å². The summed E-state index contributed by atoms with van der Waals surface area (Å²) in [5.74, 6) is 0.0636. The Bertz CT molecular complexity index is 985. The lowest BCUT2D eigenvalue weighted by Gasteiger charge is -2.10. The summed E-state index contributed by atoms with van der Waals surface area (Å²) in [6.07, 6.45) is 1.01. The van der Waals surface area contributed by atoms with Gasteiger partial charge in [-0.25, -0.2) is 9.37 Å². The Balaban J connectivity index is 1.70. The lowest BCUT2D eigenvalue weighted by Crippen LogP contribution is -2.05. The van der Waals surface area contributed by atoms with Crippen LogP contribution in [0.2, 0.25) is 0 Å². The van der Waals surface area contributed by atoms with Gasteiger partial charge >= 0.3 is 0 Å². The first-order valence-electron chi connectivity index (χ1n) is 8.58. The molecule has 10 heteroatoms. The molecule has 0 unspecified atom stereocenters. The number of anilines is 4. The maximum atomic E-state index is 14.1. The van der Waals surface area contributed by atoms with E-state index in [-0.39, 0.29) is 17.5 Å². The molecule has 29 heavy (non-hydrogen) atoms. The van der Waals surface area contributed by atoms with Gasteiger partial charge in [-0.15, -0.1) is 0 Å². The summed E-state index contributed by atoms with van der Waals surface area (Å²) in [6.45, 7) is 0.906. The smallest absolute Gasteiger partial charge is 0.271 e. The number of halogens is 1. The highest BCUT2D eigenvalue weighted by molar-refractivity contribution is 5.61. The molecule has 0 aliphatic heterocycles. The number of rotatable bonds is 9. The second-order valence-electron chi connectivity index (χ2n) is 5.81. The molecule has 9 nitrogen and oxygen atoms in total. The molecule has 3 aromatic rings. The molecule has 0 bridgehead atoms. The van der Waals surface area contributed by atoms with Crippen LogP contribution in [0.1, 0.15) is 0 Å². The Labute approximate surface area is 165 Å². The minimum atomic E-state index is -0.644. The van der Waals surface area contributed by atoms with Crippen molar-refractivity contribution < 1.29 is 18.8 Å². The summed E-state index contributed by atoms with van der Waals surface area (Å²) < 4.78 is 24.5. The van der Waals surface area contributed by atoms with Gasteiger partial charge in [0.2, 0.25) is 5.95 Å². The van der Waals surface area contributed by atoms with Crippen LogP contribution in [0.3, 0.4) is 0 Å². The number of non-ortho nitro benzene ring substituents is 1. The monoisotopic (exact) mass is 399 g/mol. The van der Waals surface area contributed by atoms with Crippen LogP contribution in [0.5, 0.6) is 5.75 Å². The number of hydrogen-bond acceptors (Lipinski definition) is 8. The summed E-state index contributed by atoms with van der Waals surface area (Å²) in [5.41, 5.74) is 0.931. The number of nitro benzene ring substituents is 1. The number of methoxy groups -OCH3 is 1. The van der Waals surface area contributed by atoms with E-state index in [1.807, 2.05) is 0 Å². The van der Waals surface area contributed by atoms with Crippen LogP contribution >= 0.6 is 0 Å². The first-order chi connectivity index (χ1) is 14.0. The number of ether oxygens (including phenoxy) is 2. The normalized spacial score (nSPS) is 10.4. The number of hydrogen-bond donors (Lipinski definition) is 2.